The molecular weight excluding hydrogens is 609 g/mol. The van der Waals surface area contributed by atoms with E-state index in [0.29, 0.717) is 64.9 Å². The second kappa shape index (κ2) is 17.8. The molecule has 6 rings (SSSR count). The summed E-state index contributed by atoms with van der Waals surface area (Å²) in [6, 6.07) is 15.0. The lowest BCUT2D eigenvalue weighted by Gasteiger charge is -2.38. The van der Waals surface area contributed by atoms with E-state index in [2.05, 4.69) is 53.1 Å². The number of hydrogen-bond acceptors (Lipinski definition) is 9. The fraction of sp³-hybridized carbons (Fsp3) is 0.514. The monoisotopic (exact) mass is 659 g/mol. The van der Waals surface area contributed by atoms with E-state index in [4.69, 9.17) is 24.7 Å². The van der Waals surface area contributed by atoms with Gasteiger partial charge in [-0.3, -0.25) is 9.69 Å². The fourth-order valence-corrected chi connectivity index (χ4v) is 6.56. The second-order valence-corrected chi connectivity index (χ2v) is 12.0. The molecule has 0 bridgehead atoms. The first-order valence-electron chi connectivity index (χ1n) is 16.9. The third kappa shape index (κ3) is 8.79. The molecule has 10 nitrogen and oxygen atoms in total. The zero-order valence-corrected chi connectivity index (χ0v) is 29.3. The van der Waals surface area contributed by atoms with Gasteiger partial charge in [0.1, 0.15) is 18.6 Å². The van der Waals surface area contributed by atoms with Crippen LogP contribution in [0.3, 0.4) is 0 Å². The Morgan fingerprint density at radius 2 is 1.79 bits per heavy atom. The molecule has 0 radical (unpaired) electrons. The number of likely N-dealkylation sites (tertiary alicyclic amines) is 1. The summed E-state index contributed by atoms with van der Waals surface area (Å²) >= 11 is 0. The maximum atomic E-state index is 14.0. The van der Waals surface area contributed by atoms with Gasteiger partial charge in [-0.15, -0.1) is 0 Å². The highest BCUT2D eigenvalue weighted by molar-refractivity contribution is 5.97. The van der Waals surface area contributed by atoms with Crippen LogP contribution >= 0.6 is 0 Å². The van der Waals surface area contributed by atoms with Crippen LogP contribution in [0.1, 0.15) is 44.0 Å². The van der Waals surface area contributed by atoms with Crippen LogP contribution in [0.2, 0.25) is 0 Å². The van der Waals surface area contributed by atoms with Gasteiger partial charge in [0.25, 0.3) is 0 Å². The molecule has 3 aromatic rings. The molecule has 0 N–H and O–H groups in total. The maximum absolute atomic E-state index is 14.0. The van der Waals surface area contributed by atoms with Gasteiger partial charge in [-0.2, -0.15) is 15.2 Å². The van der Waals surface area contributed by atoms with E-state index in [1.54, 1.807) is 25.3 Å². The van der Waals surface area contributed by atoms with Crippen molar-refractivity contribution in [2.24, 2.45) is 0 Å². The summed E-state index contributed by atoms with van der Waals surface area (Å²) in [4.78, 5) is 31.0. The highest BCUT2D eigenvalue weighted by Gasteiger charge is 2.32. The van der Waals surface area contributed by atoms with Crippen molar-refractivity contribution in [3.63, 3.8) is 0 Å². The zero-order chi connectivity index (χ0) is 34.6. The molecular formula is C37H50FN7O3. The average molecular weight is 660 g/mol. The number of halogens is 1. The number of nitrogens with zero attached hydrogens (tertiary/aromatic N) is 7. The number of anilines is 2. The molecule has 2 saturated heterocycles. The van der Waals surface area contributed by atoms with Gasteiger partial charge in [0, 0.05) is 82.1 Å². The lowest BCUT2D eigenvalue weighted by Crippen LogP contribution is -2.49. The number of fused-ring (bicyclic) bond motifs is 2. The minimum atomic E-state index is -0.834. The predicted octanol–water partition coefficient (Wildman–Crippen LogP) is 5.33. The van der Waals surface area contributed by atoms with E-state index in [0.717, 1.165) is 30.0 Å². The number of benzene rings is 2. The van der Waals surface area contributed by atoms with Crippen molar-refractivity contribution >= 4 is 28.2 Å². The summed E-state index contributed by atoms with van der Waals surface area (Å²) in [7, 11) is 3.54. The Morgan fingerprint density at radius 3 is 2.46 bits per heavy atom. The Balaban J connectivity index is 0.000000986. The number of carbonyl (C=O) groups excluding carboxylic acids is 1. The molecule has 2 unspecified atom stereocenters. The van der Waals surface area contributed by atoms with Crippen molar-refractivity contribution in [3.05, 3.63) is 65.4 Å². The summed E-state index contributed by atoms with van der Waals surface area (Å²) in [5.41, 5.74) is 4.56. The lowest BCUT2D eigenvalue weighted by atomic mass is 9.99. The molecule has 258 valence electrons. The number of piperazine rings is 1. The van der Waals surface area contributed by atoms with Gasteiger partial charge in [-0.25, -0.2) is 4.39 Å². The van der Waals surface area contributed by atoms with E-state index >= 15 is 0 Å². The number of rotatable bonds is 8. The number of aryl methyl sites for hydroxylation is 1. The number of methoxy groups -OCH3 is 1. The van der Waals surface area contributed by atoms with Gasteiger partial charge in [-0.1, -0.05) is 50.3 Å². The molecule has 2 atom stereocenters. The molecule has 48 heavy (non-hydrogen) atoms. The van der Waals surface area contributed by atoms with E-state index in [1.807, 2.05) is 30.7 Å². The number of likely N-dealkylation sites (N-methyl/N-ethyl adjacent to an activating group) is 1. The topological polar surface area (TPSA) is 98.1 Å². The Hall–Kier alpha value is -4.27. The number of amides is 1. The number of hydrogen-bond donors (Lipinski definition) is 0. The number of nitriles is 1. The number of alkyl halides is 1. The van der Waals surface area contributed by atoms with E-state index in [-0.39, 0.29) is 11.9 Å². The van der Waals surface area contributed by atoms with Crippen LogP contribution in [0.25, 0.3) is 10.8 Å². The molecule has 0 spiro atoms. The molecule has 0 aliphatic carbocycles. The van der Waals surface area contributed by atoms with Gasteiger partial charge >= 0.3 is 6.01 Å². The minimum Gasteiger partial charge on any atom is -0.462 e. The fourth-order valence-electron chi connectivity index (χ4n) is 6.56. The lowest BCUT2D eigenvalue weighted by molar-refractivity contribution is -0.126. The van der Waals surface area contributed by atoms with Crippen LogP contribution < -0.4 is 14.5 Å². The largest absolute Gasteiger partial charge is 0.462 e. The van der Waals surface area contributed by atoms with Crippen molar-refractivity contribution in [2.45, 2.75) is 59.3 Å². The van der Waals surface area contributed by atoms with Crippen molar-refractivity contribution in [1.82, 2.24) is 19.8 Å². The third-order valence-corrected chi connectivity index (χ3v) is 8.91. The van der Waals surface area contributed by atoms with Crippen molar-refractivity contribution in [3.8, 4) is 12.1 Å². The minimum absolute atomic E-state index is 0.00156. The molecule has 4 heterocycles. The van der Waals surface area contributed by atoms with Gasteiger partial charge in [0.05, 0.1) is 24.9 Å². The SMILES string of the molecule is CC.CC#N.COC/C=C/C(=O)N1CCN(c2nc(OCC3CC(F)CN3C)nc3c2CCN(c2cccc4cccc(C)c24)C3)CC1. The Labute approximate surface area is 284 Å². The standard InChI is InChI=1S/C33H41FN6O3.C2H3N.C2H6/c1-23-7-4-8-24-9-5-10-29(31(23)24)40-13-12-27-28(21-40)35-33(43-22-26-19-25(34)20-37(26)2)36-32(27)39-16-14-38(15-17-39)30(41)11-6-18-42-3;1-2-3;1-2/h4-11,25-26H,12-22H2,1-3H3;1H3;1-2H3/b11-6+;;. The van der Waals surface area contributed by atoms with E-state index in [1.165, 1.54) is 28.9 Å². The van der Waals surface area contributed by atoms with Crippen molar-refractivity contribution in [1.29, 1.82) is 5.26 Å². The predicted molar refractivity (Wildman–Crippen MR) is 189 cm³/mol. The molecule has 0 saturated carbocycles. The van der Waals surface area contributed by atoms with Crippen LogP contribution in [-0.2, 0) is 22.5 Å². The molecule has 11 heteroatoms. The summed E-state index contributed by atoms with van der Waals surface area (Å²) in [5, 5.41) is 9.82. The van der Waals surface area contributed by atoms with E-state index < -0.39 is 6.17 Å². The van der Waals surface area contributed by atoms with Crippen LogP contribution in [-0.4, -0.2) is 105 Å². The summed E-state index contributed by atoms with van der Waals surface area (Å²) in [6.07, 6.45) is 3.76. The molecule has 1 aromatic heterocycles. The molecule has 3 aliphatic rings. The van der Waals surface area contributed by atoms with Gasteiger partial charge in [-0.05, 0) is 43.8 Å². The summed E-state index contributed by atoms with van der Waals surface area (Å²) in [6.45, 7) is 12.8. The normalized spacial score (nSPS) is 19.2. The van der Waals surface area contributed by atoms with Crippen LogP contribution in [0.15, 0.2) is 48.6 Å². The van der Waals surface area contributed by atoms with Gasteiger partial charge in [0.2, 0.25) is 5.91 Å². The van der Waals surface area contributed by atoms with Crippen molar-refractivity contribution < 1.29 is 18.7 Å². The first-order chi connectivity index (χ1) is 23.3. The summed E-state index contributed by atoms with van der Waals surface area (Å²) in [5.74, 6) is 0.886. The van der Waals surface area contributed by atoms with Crippen LogP contribution in [0.4, 0.5) is 15.9 Å². The Morgan fingerprint density at radius 1 is 1.08 bits per heavy atom. The average Bonchev–Trinajstić information content (AvgIpc) is 3.44. The Bertz CT molecular complexity index is 1580. The summed E-state index contributed by atoms with van der Waals surface area (Å²) < 4.78 is 25.2. The first kappa shape index (κ1) is 36.6. The third-order valence-electron chi connectivity index (χ3n) is 8.91. The smallest absolute Gasteiger partial charge is 0.318 e. The number of aromatic nitrogens is 2. The van der Waals surface area contributed by atoms with Gasteiger partial charge in [0.15, 0.2) is 0 Å². The van der Waals surface area contributed by atoms with Gasteiger partial charge < -0.3 is 24.2 Å². The van der Waals surface area contributed by atoms with Crippen LogP contribution in [0, 0.1) is 18.3 Å². The van der Waals surface area contributed by atoms with E-state index in [9.17, 15) is 9.18 Å². The highest BCUT2D eigenvalue weighted by atomic mass is 19.1. The van der Waals surface area contributed by atoms with Crippen LogP contribution in [0.5, 0.6) is 6.01 Å². The Kier molecular flexibility index (Phi) is 13.5. The quantitative estimate of drug-likeness (QED) is 0.297. The molecule has 3 aliphatic heterocycles. The first-order valence-corrected chi connectivity index (χ1v) is 16.9. The van der Waals surface area contributed by atoms with Crippen molar-refractivity contribution in [2.75, 3.05) is 76.4 Å². The molecule has 1 amide bonds. The molecule has 2 aromatic carbocycles. The zero-order valence-electron chi connectivity index (χ0n) is 29.3. The number of carbonyl (C=O) groups is 1. The number of ether oxygens (including phenoxy) is 2. The second-order valence-electron chi connectivity index (χ2n) is 12.0. The maximum Gasteiger partial charge on any atom is 0.318 e. The molecule has 2 fully saturated rings. The highest BCUT2D eigenvalue weighted by Crippen LogP contribution is 2.35.